The van der Waals surface area contributed by atoms with Crippen molar-refractivity contribution in [2.24, 2.45) is 0 Å². The van der Waals surface area contributed by atoms with E-state index in [0.717, 1.165) is 43.2 Å². The molecule has 2 amide bonds. The predicted molar refractivity (Wildman–Crippen MR) is 92.5 cm³/mol. The monoisotopic (exact) mass is 344 g/mol. The van der Waals surface area contributed by atoms with Gasteiger partial charge in [0, 0.05) is 17.7 Å². The number of rotatable bonds is 5. The highest BCUT2D eigenvalue weighted by Gasteiger charge is 2.35. The van der Waals surface area contributed by atoms with E-state index in [1.807, 2.05) is 13.8 Å². The zero-order valence-electron chi connectivity index (χ0n) is 14.7. The molecule has 2 heterocycles. The van der Waals surface area contributed by atoms with Crippen LogP contribution in [0.5, 0.6) is 0 Å². The quantitative estimate of drug-likeness (QED) is 0.871. The smallest absolute Gasteiger partial charge is 0.287 e. The number of carbonyl (C=O) groups is 2. The van der Waals surface area contributed by atoms with Crippen LogP contribution < -0.4 is 10.6 Å². The summed E-state index contributed by atoms with van der Waals surface area (Å²) < 4.78 is 10.5. The van der Waals surface area contributed by atoms with E-state index in [2.05, 4.69) is 10.6 Å². The Morgan fingerprint density at radius 3 is 2.04 bits per heavy atom. The largest absolute Gasteiger partial charge is 0.459 e. The van der Waals surface area contributed by atoms with Gasteiger partial charge in [-0.15, -0.1) is 0 Å². The first-order valence-electron chi connectivity index (χ1n) is 8.70. The van der Waals surface area contributed by atoms with E-state index in [4.69, 9.17) is 8.83 Å². The molecular formula is C19H24N2O4. The minimum Gasteiger partial charge on any atom is -0.459 e. The number of nitrogens with one attached hydrogen (secondary N) is 2. The Labute approximate surface area is 147 Å². The van der Waals surface area contributed by atoms with Crippen molar-refractivity contribution in [2.75, 3.05) is 6.54 Å². The molecule has 0 unspecified atom stereocenters. The average Bonchev–Trinajstić information content (AvgIpc) is 3.22. The molecule has 0 aliphatic heterocycles. The van der Waals surface area contributed by atoms with Gasteiger partial charge >= 0.3 is 0 Å². The van der Waals surface area contributed by atoms with Crippen LogP contribution in [-0.4, -0.2) is 23.9 Å². The second kappa shape index (κ2) is 7.17. The summed E-state index contributed by atoms with van der Waals surface area (Å²) in [7, 11) is 0. The minimum absolute atomic E-state index is 0.229. The van der Waals surface area contributed by atoms with Gasteiger partial charge in [0.1, 0.15) is 0 Å². The van der Waals surface area contributed by atoms with Gasteiger partial charge in [-0.25, -0.2) is 0 Å². The third kappa shape index (κ3) is 3.78. The molecule has 0 atom stereocenters. The van der Waals surface area contributed by atoms with Crippen molar-refractivity contribution < 1.29 is 18.4 Å². The van der Waals surface area contributed by atoms with Crippen molar-refractivity contribution in [3.63, 3.8) is 0 Å². The normalized spacial score (nSPS) is 16.4. The number of carbonyl (C=O) groups excluding carboxylic acids is 2. The van der Waals surface area contributed by atoms with E-state index < -0.39 is 5.54 Å². The van der Waals surface area contributed by atoms with Crippen LogP contribution in [-0.2, 0) is 0 Å². The molecule has 0 radical (unpaired) electrons. The standard InChI is InChI=1S/C19H24N2O4/c1-13-6-10-24-15(13)17(22)20-12-19(8-4-3-5-9-19)21-18(23)16-14(2)7-11-25-16/h6-7,10-11H,3-5,8-9,12H2,1-2H3,(H,20,22)(H,21,23). The van der Waals surface area contributed by atoms with Crippen LogP contribution in [0.3, 0.4) is 0 Å². The Morgan fingerprint density at radius 1 is 0.960 bits per heavy atom. The van der Waals surface area contributed by atoms with Gasteiger partial charge in [-0.05, 0) is 38.8 Å². The fourth-order valence-electron chi connectivity index (χ4n) is 3.41. The fraction of sp³-hybridized carbons (Fsp3) is 0.474. The Morgan fingerprint density at radius 2 is 1.52 bits per heavy atom. The molecule has 6 heteroatoms. The van der Waals surface area contributed by atoms with Crippen molar-refractivity contribution in [2.45, 2.75) is 51.5 Å². The molecule has 0 spiro atoms. The Balaban J connectivity index is 1.70. The van der Waals surface area contributed by atoms with E-state index in [0.29, 0.717) is 18.1 Å². The summed E-state index contributed by atoms with van der Waals surface area (Å²) in [5, 5.41) is 6.04. The van der Waals surface area contributed by atoms with Gasteiger partial charge in [0.15, 0.2) is 11.5 Å². The summed E-state index contributed by atoms with van der Waals surface area (Å²) in [6.45, 7) is 4.04. The summed E-state index contributed by atoms with van der Waals surface area (Å²) in [6.07, 6.45) is 7.86. The predicted octanol–water partition coefficient (Wildman–Crippen LogP) is 3.35. The first-order valence-corrected chi connectivity index (χ1v) is 8.70. The Bertz CT molecular complexity index is 753. The molecule has 134 valence electrons. The molecule has 25 heavy (non-hydrogen) atoms. The average molecular weight is 344 g/mol. The zero-order chi connectivity index (χ0) is 17.9. The van der Waals surface area contributed by atoms with E-state index in [-0.39, 0.29) is 11.8 Å². The van der Waals surface area contributed by atoms with Crippen molar-refractivity contribution in [1.82, 2.24) is 10.6 Å². The SMILES string of the molecule is Cc1ccoc1C(=O)NCC1(NC(=O)c2occc2C)CCCCC1. The maximum atomic E-state index is 12.6. The maximum Gasteiger partial charge on any atom is 0.287 e. The summed E-state index contributed by atoms with van der Waals surface area (Å²) in [6, 6.07) is 3.52. The Kier molecular flexibility index (Phi) is 4.97. The van der Waals surface area contributed by atoms with Gasteiger partial charge in [-0.3, -0.25) is 9.59 Å². The van der Waals surface area contributed by atoms with Crippen LogP contribution >= 0.6 is 0 Å². The molecule has 1 aliphatic carbocycles. The third-order valence-corrected chi connectivity index (χ3v) is 4.91. The fourth-order valence-corrected chi connectivity index (χ4v) is 3.41. The molecule has 2 N–H and O–H groups in total. The van der Waals surface area contributed by atoms with Crippen LogP contribution in [0.25, 0.3) is 0 Å². The maximum absolute atomic E-state index is 12.6. The van der Waals surface area contributed by atoms with Crippen LogP contribution in [0.2, 0.25) is 0 Å². The lowest BCUT2D eigenvalue weighted by molar-refractivity contribution is 0.0803. The molecular weight excluding hydrogens is 320 g/mol. The van der Waals surface area contributed by atoms with E-state index in [1.165, 1.54) is 12.5 Å². The summed E-state index contributed by atoms with van der Waals surface area (Å²) in [5.41, 5.74) is 1.15. The molecule has 6 nitrogen and oxygen atoms in total. The van der Waals surface area contributed by atoms with Crippen molar-refractivity contribution in [3.8, 4) is 0 Å². The van der Waals surface area contributed by atoms with Crippen molar-refractivity contribution in [3.05, 3.63) is 47.3 Å². The first-order chi connectivity index (χ1) is 12.0. The van der Waals surface area contributed by atoms with E-state index in [1.54, 1.807) is 12.1 Å². The van der Waals surface area contributed by atoms with Crippen LogP contribution in [0, 0.1) is 13.8 Å². The van der Waals surface area contributed by atoms with Crippen molar-refractivity contribution >= 4 is 11.8 Å². The van der Waals surface area contributed by atoms with Crippen LogP contribution in [0.1, 0.15) is 64.3 Å². The second-order valence-corrected chi connectivity index (χ2v) is 6.84. The van der Waals surface area contributed by atoms with Gasteiger partial charge < -0.3 is 19.5 Å². The Hall–Kier alpha value is -2.50. The van der Waals surface area contributed by atoms with Gasteiger partial charge in [0.25, 0.3) is 11.8 Å². The zero-order valence-corrected chi connectivity index (χ0v) is 14.7. The van der Waals surface area contributed by atoms with Crippen molar-refractivity contribution in [1.29, 1.82) is 0 Å². The minimum atomic E-state index is -0.454. The molecule has 0 aromatic carbocycles. The molecule has 3 rings (SSSR count). The van der Waals surface area contributed by atoms with E-state index >= 15 is 0 Å². The van der Waals surface area contributed by atoms with E-state index in [9.17, 15) is 9.59 Å². The first kappa shape index (κ1) is 17.3. The number of amides is 2. The molecule has 1 fully saturated rings. The van der Waals surface area contributed by atoms with Gasteiger partial charge in [-0.2, -0.15) is 0 Å². The second-order valence-electron chi connectivity index (χ2n) is 6.84. The number of hydrogen-bond donors (Lipinski definition) is 2. The number of hydrogen-bond acceptors (Lipinski definition) is 4. The lowest BCUT2D eigenvalue weighted by Crippen LogP contribution is -2.56. The highest BCUT2D eigenvalue weighted by Crippen LogP contribution is 2.28. The molecule has 2 aromatic heterocycles. The molecule has 0 saturated heterocycles. The lowest BCUT2D eigenvalue weighted by atomic mass is 9.81. The third-order valence-electron chi connectivity index (χ3n) is 4.91. The summed E-state index contributed by atoms with van der Waals surface area (Å²) in [5.74, 6) is 0.168. The molecule has 0 bridgehead atoms. The van der Waals surface area contributed by atoms with Gasteiger partial charge in [0.05, 0.1) is 18.1 Å². The summed E-state index contributed by atoms with van der Waals surface area (Å²) >= 11 is 0. The number of furan rings is 2. The van der Waals surface area contributed by atoms with Gasteiger partial charge in [-0.1, -0.05) is 19.3 Å². The highest BCUT2D eigenvalue weighted by molar-refractivity contribution is 5.94. The lowest BCUT2D eigenvalue weighted by Gasteiger charge is -2.38. The summed E-state index contributed by atoms with van der Waals surface area (Å²) in [4.78, 5) is 24.9. The molecule has 1 aliphatic rings. The van der Waals surface area contributed by atoms with Gasteiger partial charge in [0.2, 0.25) is 0 Å². The molecule has 2 aromatic rings. The molecule has 1 saturated carbocycles. The van der Waals surface area contributed by atoms with Crippen LogP contribution in [0.15, 0.2) is 33.5 Å². The van der Waals surface area contributed by atoms with Crippen LogP contribution in [0.4, 0.5) is 0 Å². The number of aryl methyl sites for hydroxylation is 2. The highest BCUT2D eigenvalue weighted by atomic mass is 16.3. The topological polar surface area (TPSA) is 84.5 Å².